The summed E-state index contributed by atoms with van der Waals surface area (Å²) in [5, 5.41) is 0. The number of carbonyl (C=O) groups excluding carboxylic acids is 1. The number of hydrogen-bond donors (Lipinski definition) is 0. The molecule has 0 atom stereocenters. The average molecular weight is 346 g/mol. The van der Waals surface area contributed by atoms with Crippen LogP contribution in [-0.2, 0) is 22.8 Å². The van der Waals surface area contributed by atoms with Crippen LogP contribution >= 0.6 is 0 Å². The van der Waals surface area contributed by atoms with E-state index in [0.717, 1.165) is 12.7 Å². The van der Waals surface area contributed by atoms with Crippen LogP contribution < -0.4 is 4.57 Å². The van der Waals surface area contributed by atoms with E-state index in [-0.39, 0.29) is 17.2 Å². The van der Waals surface area contributed by atoms with Gasteiger partial charge in [0.1, 0.15) is 0 Å². The van der Waals surface area contributed by atoms with Gasteiger partial charge in [-0.1, -0.05) is 19.8 Å². The molecule has 0 fully saturated rings. The third kappa shape index (κ3) is 5.27. The average Bonchev–Trinajstić information content (AvgIpc) is 2.56. The zero-order chi connectivity index (χ0) is 17.6. The molecule has 1 aromatic carbocycles. The predicted molar refractivity (Wildman–Crippen MR) is 93.7 cm³/mol. The van der Waals surface area contributed by atoms with Crippen molar-refractivity contribution in [2.45, 2.75) is 44.0 Å². The maximum absolute atomic E-state index is 12.3. The van der Waals surface area contributed by atoms with Gasteiger partial charge in [-0.05, 0) is 42.7 Å². The first-order chi connectivity index (χ1) is 11.4. The molecule has 0 saturated heterocycles. The van der Waals surface area contributed by atoms with E-state index in [1.165, 1.54) is 37.0 Å². The van der Waals surface area contributed by atoms with Crippen molar-refractivity contribution in [2.75, 3.05) is 6.26 Å². The monoisotopic (exact) mass is 346 g/mol. The van der Waals surface area contributed by atoms with Gasteiger partial charge in [-0.2, -0.15) is 4.57 Å². The van der Waals surface area contributed by atoms with Crippen LogP contribution in [0.2, 0.25) is 0 Å². The van der Waals surface area contributed by atoms with Crippen molar-refractivity contribution in [2.24, 2.45) is 0 Å². The molecule has 0 N–H and O–H groups in total. The number of Topliss-reactive ketones (excluding diaryl/α,β-unsaturated/α-hetero) is 1. The maximum Gasteiger partial charge on any atom is 0.227 e. The number of unbranched alkanes of at least 4 members (excludes halogenated alkanes) is 2. The Hall–Kier alpha value is -2.01. The van der Waals surface area contributed by atoms with Gasteiger partial charge in [-0.25, -0.2) is 8.42 Å². The Morgan fingerprint density at radius 1 is 1.00 bits per heavy atom. The zero-order valence-electron chi connectivity index (χ0n) is 14.2. The van der Waals surface area contributed by atoms with Crippen molar-refractivity contribution >= 4 is 15.6 Å². The quantitative estimate of drug-likeness (QED) is 0.419. The first kappa shape index (κ1) is 18.3. The first-order valence-corrected chi connectivity index (χ1v) is 10.1. The fourth-order valence-corrected chi connectivity index (χ4v) is 3.11. The molecule has 0 amide bonds. The highest BCUT2D eigenvalue weighted by atomic mass is 32.2. The van der Waals surface area contributed by atoms with Crippen molar-refractivity contribution in [3.8, 4) is 0 Å². The molecule has 1 heterocycles. The molecule has 0 radical (unpaired) electrons. The standard InChI is InChI=1S/C19H24NO3S/c1-3-4-5-6-16-11-13-20(14-12-16)15-19(21)17-7-9-18(10-8-17)24(2,22)23/h7-14H,3-6,15H2,1-2H3/q+1. The Balaban J connectivity index is 1.99. The Kier molecular flexibility index (Phi) is 6.26. The fourth-order valence-electron chi connectivity index (χ4n) is 2.48. The molecular weight excluding hydrogens is 322 g/mol. The highest BCUT2D eigenvalue weighted by Gasteiger charge is 2.14. The lowest BCUT2D eigenvalue weighted by atomic mass is 10.1. The first-order valence-electron chi connectivity index (χ1n) is 8.21. The van der Waals surface area contributed by atoms with Crippen LogP contribution in [0.15, 0.2) is 53.7 Å². The summed E-state index contributed by atoms with van der Waals surface area (Å²) in [4.78, 5) is 12.5. The lowest BCUT2D eigenvalue weighted by Gasteiger charge is -2.02. The molecule has 128 valence electrons. The van der Waals surface area contributed by atoms with E-state index in [0.29, 0.717) is 5.56 Å². The third-order valence-corrected chi connectivity index (χ3v) is 5.09. The summed E-state index contributed by atoms with van der Waals surface area (Å²) in [7, 11) is -3.24. The molecule has 0 aliphatic heterocycles. The fraction of sp³-hybridized carbons (Fsp3) is 0.368. The summed E-state index contributed by atoms with van der Waals surface area (Å²) in [5.74, 6) is -0.0428. The Morgan fingerprint density at radius 3 is 2.17 bits per heavy atom. The number of carbonyl (C=O) groups is 1. The summed E-state index contributed by atoms with van der Waals surface area (Å²) < 4.78 is 24.7. The van der Waals surface area contributed by atoms with Crippen LogP contribution in [0.3, 0.4) is 0 Å². The number of hydrogen-bond acceptors (Lipinski definition) is 3. The van der Waals surface area contributed by atoms with Crippen LogP contribution in [0, 0.1) is 0 Å². The summed E-state index contributed by atoms with van der Waals surface area (Å²) in [6, 6.07) is 10.2. The van der Waals surface area contributed by atoms with Gasteiger partial charge in [0.15, 0.2) is 22.2 Å². The summed E-state index contributed by atoms with van der Waals surface area (Å²) in [6.07, 6.45) is 9.69. The van der Waals surface area contributed by atoms with Gasteiger partial charge in [-0.3, -0.25) is 4.79 Å². The van der Waals surface area contributed by atoms with Crippen molar-refractivity contribution in [1.82, 2.24) is 0 Å². The number of aryl methyl sites for hydroxylation is 1. The molecular formula is C19H24NO3S+. The molecule has 2 rings (SSSR count). The number of aromatic nitrogens is 1. The Bertz CT molecular complexity index is 778. The minimum absolute atomic E-state index is 0.0428. The molecule has 0 unspecified atom stereocenters. The number of pyridine rings is 1. The molecule has 0 aliphatic rings. The van der Waals surface area contributed by atoms with E-state index < -0.39 is 9.84 Å². The smallest absolute Gasteiger partial charge is 0.227 e. The van der Waals surface area contributed by atoms with E-state index in [1.807, 2.05) is 17.0 Å². The van der Waals surface area contributed by atoms with Crippen LogP contribution in [0.25, 0.3) is 0 Å². The van der Waals surface area contributed by atoms with Crippen LogP contribution in [-0.4, -0.2) is 20.5 Å². The number of rotatable bonds is 8. The van der Waals surface area contributed by atoms with Gasteiger partial charge in [0.2, 0.25) is 12.3 Å². The molecule has 24 heavy (non-hydrogen) atoms. The number of nitrogens with zero attached hydrogens (tertiary/aromatic N) is 1. The van der Waals surface area contributed by atoms with E-state index in [2.05, 4.69) is 19.1 Å². The predicted octanol–water partition coefficient (Wildman–Crippen LogP) is 2.99. The molecule has 0 aliphatic carbocycles. The van der Waals surface area contributed by atoms with Gasteiger partial charge in [0.05, 0.1) is 4.90 Å². The van der Waals surface area contributed by atoms with Gasteiger partial charge in [-0.15, -0.1) is 0 Å². The molecule has 0 spiro atoms. The number of ketones is 1. The van der Waals surface area contributed by atoms with Gasteiger partial charge in [0.25, 0.3) is 0 Å². The lowest BCUT2D eigenvalue weighted by Crippen LogP contribution is -2.37. The SMILES string of the molecule is CCCCCc1cc[n+](CC(=O)c2ccc(S(C)(=O)=O)cc2)cc1. The van der Waals surface area contributed by atoms with Crippen molar-refractivity contribution in [3.05, 3.63) is 59.9 Å². The van der Waals surface area contributed by atoms with Crippen LogP contribution in [0.4, 0.5) is 0 Å². The molecule has 1 aromatic heterocycles. The van der Waals surface area contributed by atoms with Gasteiger partial charge < -0.3 is 0 Å². The second-order valence-electron chi connectivity index (χ2n) is 6.06. The van der Waals surface area contributed by atoms with Gasteiger partial charge >= 0.3 is 0 Å². The minimum Gasteiger partial charge on any atom is -0.287 e. The Morgan fingerprint density at radius 2 is 1.62 bits per heavy atom. The zero-order valence-corrected chi connectivity index (χ0v) is 15.1. The van der Waals surface area contributed by atoms with E-state index in [9.17, 15) is 13.2 Å². The highest BCUT2D eigenvalue weighted by Crippen LogP contribution is 2.11. The van der Waals surface area contributed by atoms with Crippen LogP contribution in [0.1, 0.15) is 42.1 Å². The van der Waals surface area contributed by atoms with Crippen molar-refractivity contribution in [3.63, 3.8) is 0 Å². The minimum atomic E-state index is -3.24. The maximum atomic E-state index is 12.3. The molecule has 5 heteroatoms. The van der Waals surface area contributed by atoms with Gasteiger partial charge in [0, 0.05) is 24.0 Å². The topological polar surface area (TPSA) is 55.1 Å². The molecule has 4 nitrogen and oxygen atoms in total. The molecule has 0 saturated carbocycles. The molecule has 0 bridgehead atoms. The van der Waals surface area contributed by atoms with E-state index in [4.69, 9.17) is 0 Å². The number of sulfone groups is 1. The van der Waals surface area contributed by atoms with E-state index >= 15 is 0 Å². The van der Waals surface area contributed by atoms with Crippen molar-refractivity contribution in [1.29, 1.82) is 0 Å². The lowest BCUT2D eigenvalue weighted by molar-refractivity contribution is -0.683. The second-order valence-corrected chi connectivity index (χ2v) is 8.07. The summed E-state index contributed by atoms with van der Waals surface area (Å²) in [6.45, 7) is 2.43. The third-order valence-electron chi connectivity index (χ3n) is 3.96. The van der Waals surface area contributed by atoms with Crippen molar-refractivity contribution < 1.29 is 17.8 Å². The largest absolute Gasteiger partial charge is 0.287 e. The molecule has 2 aromatic rings. The Labute approximate surface area is 144 Å². The normalized spacial score (nSPS) is 11.4. The second kappa shape index (κ2) is 8.20. The summed E-state index contributed by atoms with van der Waals surface area (Å²) >= 11 is 0. The number of benzene rings is 1. The van der Waals surface area contributed by atoms with E-state index in [1.54, 1.807) is 12.1 Å². The highest BCUT2D eigenvalue weighted by molar-refractivity contribution is 7.90. The van der Waals surface area contributed by atoms with Crippen LogP contribution in [0.5, 0.6) is 0 Å². The summed E-state index contributed by atoms with van der Waals surface area (Å²) in [5.41, 5.74) is 1.80.